The molecule has 0 aromatic heterocycles. The summed E-state index contributed by atoms with van der Waals surface area (Å²) in [5, 5.41) is 0. The highest BCUT2D eigenvalue weighted by molar-refractivity contribution is 8.38. The third kappa shape index (κ3) is 3.44. The molecule has 0 bridgehead atoms. The van der Waals surface area contributed by atoms with Gasteiger partial charge in [0.1, 0.15) is 4.38 Å². The highest BCUT2D eigenvalue weighted by atomic mass is 32.2. The Kier molecular flexibility index (Phi) is 5.13. The normalized spacial score (nSPS) is 15.7. The monoisotopic (exact) mass is 382 g/mol. The van der Waals surface area contributed by atoms with Crippen LogP contribution in [0.4, 0.5) is 5.69 Å². The van der Waals surface area contributed by atoms with Crippen LogP contribution in [0.1, 0.15) is 39.1 Å². The number of amides is 2. The van der Waals surface area contributed by atoms with Crippen LogP contribution in [-0.2, 0) is 5.75 Å². The summed E-state index contributed by atoms with van der Waals surface area (Å²) in [4.78, 5) is 30.7. The maximum absolute atomic E-state index is 12.3. The number of carbonyl (C=O) groups excluding carboxylic acids is 2. The first-order valence-corrected chi connectivity index (χ1v) is 10.6. The number of thioether (sulfide) groups is 2. The molecule has 0 saturated carbocycles. The van der Waals surface area contributed by atoms with Gasteiger partial charge in [0, 0.05) is 18.1 Å². The molecule has 4 rings (SSSR count). The van der Waals surface area contributed by atoms with Crippen LogP contribution in [0.2, 0.25) is 0 Å². The summed E-state index contributed by atoms with van der Waals surface area (Å²) in [6.45, 7) is 0.482. The SMILES string of the molecule is O=C1c2ccccc2C(=O)N1CCCCSC1=Nc2ccccc2CS1. The van der Waals surface area contributed by atoms with Crippen LogP contribution in [0, 0.1) is 0 Å². The van der Waals surface area contributed by atoms with Gasteiger partial charge in [-0.15, -0.1) is 0 Å². The first-order valence-electron chi connectivity index (χ1n) is 8.61. The Morgan fingerprint density at radius 3 is 2.42 bits per heavy atom. The molecule has 0 unspecified atom stereocenters. The van der Waals surface area contributed by atoms with Crippen LogP contribution >= 0.6 is 23.5 Å². The number of carbonyl (C=O) groups is 2. The Bertz CT molecular complexity index is 860. The van der Waals surface area contributed by atoms with Crippen molar-refractivity contribution in [1.82, 2.24) is 4.90 Å². The molecular formula is C20H18N2O2S2. The van der Waals surface area contributed by atoms with Crippen LogP contribution in [0.3, 0.4) is 0 Å². The van der Waals surface area contributed by atoms with Gasteiger partial charge in [0.2, 0.25) is 0 Å². The van der Waals surface area contributed by atoms with Crippen molar-refractivity contribution in [2.45, 2.75) is 18.6 Å². The Morgan fingerprint density at radius 1 is 0.962 bits per heavy atom. The van der Waals surface area contributed by atoms with Crippen molar-refractivity contribution in [1.29, 1.82) is 0 Å². The minimum absolute atomic E-state index is 0.165. The third-order valence-corrected chi connectivity index (χ3v) is 6.77. The van der Waals surface area contributed by atoms with Gasteiger partial charge < -0.3 is 0 Å². The van der Waals surface area contributed by atoms with Crippen molar-refractivity contribution in [2.75, 3.05) is 12.3 Å². The van der Waals surface area contributed by atoms with E-state index in [1.807, 2.05) is 12.1 Å². The predicted octanol–water partition coefficient (Wildman–Crippen LogP) is 4.73. The van der Waals surface area contributed by atoms with Gasteiger partial charge in [0.25, 0.3) is 11.8 Å². The van der Waals surface area contributed by atoms with Crippen molar-refractivity contribution in [2.24, 2.45) is 4.99 Å². The van der Waals surface area contributed by atoms with E-state index < -0.39 is 0 Å². The molecule has 0 spiro atoms. The zero-order valence-corrected chi connectivity index (χ0v) is 15.8. The van der Waals surface area contributed by atoms with Gasteiger partial charge in [-0.2, -0.15) is 0 Å². The molecule has 2 amide bonds. The zero-order valence-electron chi connectivity index (χ0n) is 14.2. The minimum atomic E-state index is -0.165. The van der Waals surface area contributed by atoms with Gasteiger partial charge in [0.05, 0.1) is 16.8 Å². The number of hydrogen-bond acceptors (Lipinski definition) is 5. The Morgan fingerprint density at radius 2 is 1.65 bits per heavy atom. The molecule has 0 saturated heterocycles. The molecule has 0 radical (unpaired) electrons. The molecule has 0 N–H and O–H groups in total. The lowest BCUT2D eigenvalue weighted by Crippen LogP contribution is -2.30. The lowest BCUT2D eigenvalue weighted by Gasteiger charge is -2.15. The van der Waals surface area contributed by atoms with E-state index in [1.165, 1.54) is 10.5 Å². The number of hydrogen-bond donors (Lipinski definition) is 0. The number of benzene rings is 2. The first-order chi connectivity index (χ1) is 12.7. The number of fused-ring (bicyclic) bond motifs is 2. The molecule has 0 aliphatic carbocycles. The second kappa shape index (κ2) is 7.68. The molecule has 6 heteroatoms. The van der Waals surface area contributed by atoms with Crippen LogP contribution in [0.5, 0.6) is 0 Å². The van der Waals surface area contributed by atoms with E-state index in [4.69, 9.17) is 4.99 Å². The van der Waals surface area contributed by atoms with E-state index in [0.29, 0.717) is 17.7 Å². The minimum Gasteiger partial charge on any atom is -0.274 e. The van der Waals surface area contributed by atoms with E-state index in [2.05, 4.69) is 12.1 Å². The number of unbranched alkanes of at least 4 members (excludes halogenated alkanes) is 1. The predicted molar refractivity (Wildman–Crippen MR) is 108 cm³/mol. The fraction of sp³-hybridized carbons (Fsp3) is 0.250. The van der Waals surface area contributed by atoms with E-state index in [-0.39, 0.29) is 11.8 Å². The van der Waals surface area contributed by atoms with E-state index >= 15 is 0 Å². The average molecular weight is 383 g/mol. The molecule has 2 aromatic carbocycles. The van der Waals surface area contributed by atoms with Gasteiger partial charge in [-0.1, -0.05) is 53.9 Å². The number of nitrogens with zero attached hydrogens (tertiary/aromatic N) is 2. The lowest BCUT2D eigenvalue weighted by molar-refractivity contribution is 0.0652. The summed E-state index contributed by atoms with van der Waals surface area (Å²) in [7, 11) is 0. The van der Waals surface area contributed by atoms with Gasteiger partial charge in [0.15, 0.2) is 0 Å². The van der Waals surface area contributed by atoms with Crippen molar-refractivity contribution < 1.29 is 9.59 Å². The molecule has 2 aromatic rings. The molecular weight excluding hydrogens is 364 g/mol. The molecule has 2 aliphatic heterocycles. The van der Waals surface area contributed by atoms with Crippen molar-refractivity contribution >= 4 is 45.4 Å². The van der Waals surface area contributed by atoms with Crippen molar-refractivity contribution in [3.8, 4) is 0 Å². The Balaban J connectivity index is 1.25. The van der Waals surface area contributed by atoms with Crippen LogP contribution < -0.4 is 0 Å². The maximum Gasteiger partial charge on any atom is 0.261 e. The summed E-state index contributed by atoms with van der Waals surface area (Å²) in [6.07, 6.45) is 1.76. The number of para-hydroxylation sites is 1. The molecule has 2 aliphatic rings. The largest absolute Gasteiger partial charge is 0.274 e. The topological polar surface area (TPSA) is 49.7 Å². The van der Waals surface area contributed by atoms with Crippen LogP contribution in [-0.4, -0.2) is 33.4 Å². The number of aliphatic imine (C=N–C) groups is 1. The number of imide groups is 1. The highest BCUT2D eigenvalue weighted by Gasteiger charge is 2.34. The first kappa shape index (κ1) is 17.4. The summed E-state index contributed by atoms with van der Waals surface area (Å²) in [5.41, 5.74) is 3.41. The van der Waals surface area contributed by atoms with Gasteiger partial charge in [-0.3, -0.25) is 14.5 Å². The Labute approximate surface area is 161 Å². The molecule has 2 heterocycles. The molecule has 0 atom stereocenters. The summed E-state index contributed by atoms with van der Waals surface area (Å²) >= 11 is 3.53. The standard InChI is InChI=1S/C20H18N2O2S2/c23-18-15-8-2-3-9-16(15)19(24)22(18)11-5-6-12-25-20-21-17-10-4-1-7-14(17)13-26-20/h1-4,7-10H,5-6,11-13H2. The van der Waals surface area contributed by atoms with E-state index in [9.17, 15) is 9.59 Å². The summed E-state index contributed by atoms with van der Waals surface area (Å²) in [6, 6.07) is 15.3. The van der Waals surface area contributed by atoms with Crippen LogP contribution in [0.15, 0.2) is 53.5 Å². The zero-order chi connectivity index (χ0) is 17.9. The van der Waals surface area contributed by atoms with Crippen molar-refractivity contribution in [3.05, 3.63) is 65.2 Å². The van der Waals surface area contributed by atoms with E-state index in [0.717, 1.165) is 34.4 Å². The number of rotatable bonds is 5. The quantitative estimate of drug-likeness (QED) is 0.554. The third-order valence-electron chi connectivity index (χ3n) is 4.43. The lowest BCUT2D eigenvalue weighted by atomic mass is 10.1. The highest BCUT2D eigenvalue weighted by Crippen LogP contribution is 2.34. The average Bonchev–Trinajstić information content (AvgIpc) is 2.92. The van der Waals surface area contributed by atoms with Gasteiger partial charge in [-0.05, 0) is 36.6 Å². The Hall–Kier alpha value is -2.05. The van der Waals surface area contributed by atoms with E-state index in [1.54, 1.807) is 47.8 Å². The van der Waals surface area contributed by atoms with Gasteiger partial charge in [-0.25, -0.2) is 4.99 Å². The van der Waals surface area contributed by atoms with Gasteiger partial charge >= 0.3 is 0 Å². The maximum atomic E-state index is 12.3. The summed E-state index contributed by atoms with van der Waals surface area (Å²) in [5.74, 6) is 1.58. The second-order valence-corrected chi connectivity index (χ2v) is 8.46. The van der Waals surface area contributed by atoms with Crippen molar-refractivity contribution in [3.63, 3.8) is 0 Å². The second-order valence-electron chi connectivity index (χ2n) is 6.16. The fourth-order valence-corrected chi connectivity index (χ4v) is 5.19. The van der Waals surface area contributed by atoms with Crippen LogP contribution in [0.25, 0.3) is 0 Å². The smallest absolute Gasteiger partial charge is 0.261 e. The fourth-order valence-electron chi connectivity index (χ4n) is 3.06. The molecule has 0 fully saturated rings. The molecule has 4 nitrogen and oxygen atoms in total. The molecule has 132 valence electrons. The summed E-state index contributed by atoms with van der Waals surface area (Å²) < 4.78 is 1.10. The molecule has 26 heavy (non-hydrogen) atoms.